The van der Waals surface area contributed by atoms with Crippen LogP contribution in [0.15, 0.2) is 24.3 Å². The molecule has 1 saturated carbocycles. The number of carbonyl (C=O) groups is 2. The summed E-state index contributed by atoms with van der Waals surface area (Å²) in [6.07, 6.45) is 3.72. The number of sulfonamides is 1. The summed E-state index contributed by atoms with van der Waals surface area (Å²) in [5, 5.41) is 2.86. The topological polar surface area (TPSA) is 86.8 Å². The summed E-state index contributed by atoms with van der Waals surface area (Å²) < 4.78 is 40.0. The zero-order valence-corrected chi connectivity index (χ0v) is 17.5. The zero-order chi connectivity index (χ0) is 21.0. The van der Waals surface area contributed by atoms with Crippen molar-refractivity contribution in [2.45, 2.75) is 38.1 Å². The lowest BCUT2D eigenvalue weighted by atomic mass is 10.0. The third-order valence-corrected chi connectivity index (χ3v) is 7.06. The van der Waals surface area contributed by atoms with Crippen LogP contribution in [0.3, 0.4) is 0 Å². The smallest absolute Gasteiger partial charge is 0.227 e. The lowest BCUT2D eigenvalue weighted by molar-refractivity contribution is -0.131. The normalized spacial score (nSPS) is 24.5. The second-order valence-electron chi connectivity index (χ2n) is 7.77. The maximum Gasteiger partial charge on any atom is 0.227 e. The number of amides is 2. The number of nitrogens with zero attached hydrogens (tertiary/aromatic N) is 2. The van der Waals surface area contributed by atoms with Gasteiger partial charge in [0.2, 0.25) is 21.8 Å². The molecule has 2 atom stereocenters. The van der Waals surface area contributed by atoms with Gasteiger partial charge in [-0.1, -0.05) is 24.6 Å². The van der Waals surface area contributed by atoms with E-state index in [1.165, 1.54) is 16.6 Å². The summed E-state index contributed by atoms with van der Waals surface area (Å²) in [7, 11) is -3.47. The van der Waals surface area contributed by atoms with Gasteiger partial charge < -0.3 is 10.2 Å². The fraction of sp³-hybridized carbons (Fsp3) is 0.600. The van der Waals surface area contributed by atoms with Crippen LogP contribution < -0.4 is 5.32 Å². The Morgan fingerprint density at radius 1 is 1.17 bits per heavy atom. The quantitative estimate of drug-likeness (QED) is 0.787. The molecule has 7 nitrogen and oxygen atoms in total. The Balaban J connectivity index is 1.75. The van der Waals surface area contributed by atoms with Crippen molar-refractivity contribution in [3.63, 3.8) is 0 Å². The number of halogens is 1. The molecule has 29 heavy (non-hydrogen) atoms. The molecule has 0 spiro atoms. The molecule has 1 aromatic rings. The van der Waals surface area contributed by atoms with Gasteiger partial charge in [0.15, 0.2) is 0 Å². The Hall–Kier alpha value is -2.00. The van der Waals surface area contributed by atoms with Crippen LogP contribution in [0.2, 0.25) is 0 Å². The number of rotatable bonds is 3. The van der Waals surface area contributed by atoms with Crippen molar-refractivity contribution in [3.05, 3.63) is 35.6 Å². The van der Waals surface area contributed by atoms with Gasteiger partial charge in [0.25, 0.3) is 0 Å². The highest BCUT2D eigenvalue weighted by atomic mass is 32.2. The summed E-state index contributed by atoms with van der Waals surface area (Å²) in [4.78, 5) is 26.9. The molecule has 0 aromatic heterocycles. The van der Waals surface area contributed by atoms with Gasteiger partial charge in [-0.25, -0.2) is 12.8 Å². The molecule has 3 rings (SSSR count). The minimum atomic E-state index is -3.47. The number of benzene rings is 1. The maximum atomic E-state index is 13.9. The molecule has 1 saturated heterocycles. The third-order valence-electron chi connectivity index (χ3n) is 5.75. The van der Waals surface area contributed by atoms with Gasteiger partial charge in [0.1, 0.15) is 5.82 Å². The minimum Gasteiger partial charge on any atom is -0.354 e. The van der Waals surface area contributed by atoms with E-state index in [1.807, 2.05) is 0 Å². The van der Waals surface area contributed by atoms with Gasteiger partial charge in [-0.05, 0) is 30.9 Å². The van der Waals surface area contributed by atoms with Crippen LogP contribution in [0.25, 0.3) is 0 Å². The molecule has 1 aromatic carbocycles. The van der Waals surface area contributed by atoms with Crippen molar-refractivity contribution in [3.8, 4) is 0 Å². The first kappa shape index (κ1) is 21.7. The average Bonchev–Trinajstić information content (AvgIpc) is 3.12. The largest absolute Gasteiger partial charge is 0.354 e. The summed E-state index contributed by atoms with van der Waals surface area (Å²) in [6.45, 7) is 1.22. The van der Waals surface area contributed by atoms with Crippen molar-refractivity contribution >= 4 is 21.8 Å². The van der Waals surface area contributed by atoms with E-state index in [0.717, 1.165) is 6.42 Å². The van der Waals surface area contributed by atoms with E-state index in [4.69, 9.17) is 0 Å². The number of hydrogen-bond acceptors (Lipinski definition) is 4. The first-order chi connectivity index (χ1) is 13.8. The average molecular weight is 426 g/mol. The Kier molecular flexibility index (Phi) is 6.89. The standard InChI is InChI=1S/C20H28FN3O4S/c1-29(27,28)24-12-5-11-23(19(25)14-15-6-2-3-8-17(15)21)13-10-22-20(26)16-7-4-9-18(16)24/h2-3,6,8,16,18H,4-5,7,9-14H2,1H3,(H,22,26)/t16-,18+/m1/s1. The summed E-state index contributed by atoms with van der Waals surface area (Å²) in [5.41, 5.74) is 0.322. The molecule has 1 heterocycles. The first-order valence-corrected chi connectivity index (χ1v) is 11.9. The van der Waals surface area contributed by atoms with E-state index in [-0.39, 0.29) is 36.7 Å². The number of nitrogens with one attached hydrogen (secondary N) is 1. The Morgan fingerprint density at radius 3 is 2.66 bits per heavy atom. The Morgan fingerprint density at radius 2 is 1.93 bits per heavy atom. The lowest BCUT2D eigenvalue weighted by Crippen LogP contribution is -2.47. The second kappa shape index (κ2) is 9.21. The molecule has 1 aliphatic carbocycles. The molecule has 2 fully saturated rings. The van der Waals surface area contributed by atoms with Crippen LogP contribution in [0.5, 0.6) is 0 Å². The molecule has 1 aliphatic heterocycles. The van der Waals surface area contributed by atoms with Crippen LogP contribution >= 0.6 is 0 Å². The highest BCUT2D eigenvalue weighted by Gasteiger charge is 2.40. The molecular formula is C20H28FN3O4S. The van der Waals surface area contributed by atoms with Crippen molar-refractivity contribution in [1.82, 2.24) is 14.5 Å². The highest BCUT2D eigenvalue weighted by Crippen LogP contribution is 2.32. The van der Waals surface area contributed by atoms with Crippen molar-refractivity contribution in [2.75, 3.05) is 32.4 Å². The van der Waals surface area contributed by atoms with E-state index in [0.29, 0.717) is 44.5 Å². The fourth-order valence-corrected chi connectivity index (χ4v) is 5.51. The van der Waals surface area contributed by atoms with Crippen molar-refractivity contribution in [2.24, 2.45) is 5.92 Å². The van der Waals surface area contributed by atoms with Crippen molar-refractivity contribution < 1.29 is 22.4 Å². The van der Waals surface area contributed by atoms with Crippen LogP contribution in [-0.4, -0.2) is 67.9 Å². The molecule has 0 unspecified atom stereocenters. The van der Waals surface area contributed by atoms with Gasteiger partial charge in [-0.2, -0.15) is 4.31 Å². The highest BCUT2D eigenvalue weighted by molar-refractivity contribution is 7.88. The van der Waals surface area contributed by atoms with Crippen LogP contribution in [0, 0.1) is 11.7 Å². The van der Waals surface area contributed by atoms with Crippen LogP contribution in [-0.2, 0) is 26.0 Å². The lowest BCUT2D eigenvalue weighted by Gasteiger charge is -2.30. The summed E-state index contributed by atoms with van der Waals surface area (Å²) in [6, 6.07) is 5.82. The number of fused-ring (bicyclic) bond motifs is 1. The number of carbonyl (C=O) groups excluding carboxylic acids is 2. The maximum absolute atomic E-state index is 13.9. The predicted octanol–water partition coefficient (Wildman–Crippen LogP) is 1.15. The molecule has 0 bridgehead atoms. The van der Waals surface area contributed by atoms with Gasteiger partial charge in [0.05, 0.1) is 18.6 Å². The molecule has 2 amide bonds. The SMILES string of the molecule is CS(=O)(=O)N1CCCN(C(=O)Cc2ccccc2F)CCNC(=O)[C@@H]2CCC[C@@H]21. The Labute approximate surface area is 171 Å². The van der Waals surface area contributed by atoms with E-state index >= 15 is 0 Å². The minimum absolute atomic E-state index is 0.0678. The zero-order valence-electron chi connectivity index (χ0n) is 16.6. The second-order valence-corrected chi connectivity index (χ2v) is 9.71. The Bertz CT molecular complexity index is 861. The molecule has 1 N–H and O–H groups in total. The third kappa shape index (κ3) is 5.33. The molecule has 0 radical (unpaired) electrons. The van der Waals surface area contributed by atoms with Gasteiger partial charge in [-0.3, -0.25) is 9.59 Å². The van der Waals surface area contributed by atoms with E-state index in [2.05, 4.69) is 5.32 Å². The van der Waals surface area contributed by atoms with Gasteiger partial charge in [0, 0.05) is 32.2 Å². The monoisotopic (exact) mass is 425 g/mol. The molecule has 9 heteroatoms. The van der Waals surface area contributed by atoms with Crippen LogP contribution in [0.1, 0.15) is 31.2 Å². The molecular weight excluding hydrogens is 397 g/mol. The first-order valence-electron chi connectivity index (χ1n) is 10.0. The van der Waals surface area contributed by atoms with Gasteiger partial charge in [-0.15, -0.1) is 0 Å². The van der Waals surface area contributed by atoms with E-state index < -0.39 is 15.8 Å². The van der Waals surface area contributed by atoms with Crippen LogP contribution in [0.4, 0.5) is 4.39 Å². The van der Waals surface area contributed by atoms with E-state index in [1.54, 1.807) is 23.1 Å². The van der Waals surface area contributed by atoms with Crippen molar-refractivity contribution in [1.29, 1.82) is 0 Å². The molecule has 2 aliphatic rings. The number of hydrogen-bond donors (Lipinski definition) is 1. The fourth-order valence-electron chi connectivity index (χ4n) is 4.31. The van der Waals surface area contributed by atoms with E-state index in [9.17, 15) is 22.4 Å². The predicted molar refractivity (Wildman–Crippen MR) is 107 cm³/mol. The van der Waals surface area contributed by atoms with Gasteiger partial charge >= 0.3 is 0 Å². The summed E-state index contributed by atoms with van der Waals surface area (Å²) >= 11 is 0. The molecule has 160 valence electrons. The summed E-state index contributed by atoms with van der Waals surface area (Å²) in [5.74, 6) is -1.19.